The van der Waals surface area contributed by atoms with Crippen molar-refractivity contribution in [1.82, 2.24) is 10.2 Å². The number of nitrogens with one attached hydrogen (secondary N) is 1. The lowest BCUT2D eigenvalue weighted by molar-refractivity contribution is -0.117. The summed E-state index contributed by atoms with van der Waals surface area (Å²) in [6, 6.07) is 5.30. The highest BCUT2D eigenvalue weighted by Gasteiger charge is 2.48. The second kappa shape index (κ2) is 9.05. The average molecular weight is 498 g/mol. The van der Waals surface area contributed by atoms with Crippen LogP contribution in [0.5, 0.6) is 11.5 Å². The standard InChI is InChI=1S/C21H27N3O7S2/c1-21(2,3)31-20(26)22-7-6-18(25)23-19-24(14-10-33(27,28)11-17(14)32-19)9-13-4-5-15-16(8-13)30-12-29-15/h4-5,8,14,17H,6-7,9-12H2,1-3H3,(H,22,26)/t14-,17-/m1/s1. The van der Waals surface area contributed by atoms with E-state index in [9.17, 15) is 18.0 Å². The monoisotopic (exact) mass is 497 g/mol. The summed E-state index contributed by atoms with van der Waals surface area (Å²) in [4.78, 5) is 30.4. The summed E-state index contributed by atoms with van der Waals surface area (Å²) in [6.07, 6.45) is -0.586. The van der Waals surface area contributed by atoms with Crippen LogP contribution in [0, 0.1) is 0 Å². The summed E-state index contributed by atoms with van der Waals surface area (Å²) in [5.41, 5.74) is 0.277. The highest BCUT2D eigenvalue weighted by Crippen LogP contribution is 2.40. The molecule has 3 aliphatic heterocycles. The molecule has 0 radical (unpaired) electrons. The zero-order valence-electron chi connectivity index (χ0n) is 18.7. The molecule has 3 heterocycles. The van der Waals surface area contributed by atoms with Crippen molar-refractivity contribution in [3.05, 3.63) is 23.8 Å². The van der Waals surface area contributed by atoms with Gasteiger partial charge in [-0.1, -0.05) is 17.8 Å². The number of hydrogen-bond donors (Lipinski definition) is 1. The highest BCUT2D eigenvalue weighted by molar-refractivity contribution is 8.15. The lowest BCUT2D eigenvalue weighted by atomic mass is 10.1. The molecule has 0 aliphatic carbocycles. The van der Waals surface area contributed by atoms with Gasteiger partial charge in [0, 0.05) is 24.8 Å². The first-order valence-corrected chi connectivity index (χ1v) is 13.3. The Morgan fingerprint density at radius 3 is 2.76 bits per heavy atom. The predicted octanol–water partition coefficient (Wildman–Crippen LogP) is 1.93. The van der Waals surface area contributed by atoms with Crippen molar-refractivity contribution in [1.29, 1.82) is 0 Å². The summed E-state index contributed by atoms with van der Waals surface area (Å²) in [5.74, 6) is 0.998. The molecule has 2 atom stereocenters. The molecule has 4 rings (SSSR count). The van der Waals surface area contributed by atoms with Gasteiger partial charge in [-0.05, 0) is 38.5 Å². The lowest BCUT2D eigenvalue weighted by Crippen LogP contribution is -2.37. The van der Waals surface area contributed by atoms with E-state index in [0.29, 0.717) is 23.2 Å². The first kappa shape index (κ1) is 23.7. The Labute approximate surface area is 197 Å². The van der Waals surface area contributed by atoms with Gasteiger partial charge in [0.05, 0.1) is 17.5 Å². The number of carbonyl (C=O) groups excluding carboxylic acids is 2. The third-order valence-corrected chi connectivity index (χ3v) is 8.44. The molecule has 1 aromatic carbocycles. The molecule has 1 N–H and O–H groups in total. The van der Waals surface area contributed by atoms with Crippen LogP contribution in [0.3, 0.4) is 0 Å². The van der Waals surface area contributed by atoms with Crippen LogP contribution in [-0.2, 0) is 25.9 Å². The fourth-order valence-corrected chi connectivity index (χ4v) is 7.77. The molecular formula is C21H27N3O7S2. The molecule has 1 aromatic rings. The van der Waals surface area contributed by atoms with E-state index >= 15 is 0 Å². The van der Waals surface area contributed by atoms with E-state index < -0.39 is 27.4 Å². The first-order chi connectivity index (χ1) is 15.5. The summed E-state index contributed by atoms with van der Waals surface area (Å²) in [7, 11) is -3.14. The topological polar surface area (TPSA) is 124 Å². The van der Waals surface area contributed by atoms with Crippen molar-refractivity contribution in [2.45, 2.75) is 50.6 Å². The number of amidine groups is 1. The van der Waals surface area contributed by atoms with Gasteiger partial charge in [-0.15, -0.1) is 0 Å². The summed E-state index contributed by atoms with van der Waals surface area (Å²) in [5, 5.41) is 2.87. The van der Waals surface area contributed by atoms with Gasteiger partial charge in [-0.2, -0.15) is 4.99 Å². The molecule has 0 aromatic heterocycles. The van der Waals surface area contributed by atoms with Crippen LogP contribution >= 0.6 is 11.8 Å². The van der Waals surface area contributed by atoms with Crippen LogP contribution < -0.4 is 14.8 Å². The number of aliphatic imine (C=N–C) groups is 1. The Hall–Kier alpha value is -2.47. The van der Waals surface area contributed by atoms with Gasteiger partial charge in [0.1, 0.15) is 5.60 Å². The maximum atomic E-state index is 12.5. The zero-order valence-corrected chi connectivity index (χ0v) is 20.3. The zero-order chi connectivity index (χ0) is 23.8. The quantitative estimate of drug-likeness (QED) is 0.650. The third-order valence-electron chi connectivity index (χ3n) is 5.19. The van der Waals surface area contributed by atoms with Gasteiger partial charge in [-0.25, -0.2) is 13.2 Å². The number of thioether (sulfide) groups is 1. The van der Waals surface area contributed by atoms with Gasteiger partial charge in [0.25, 0.3) is 0 Å². The molecule has 180 valence electrons. The summed E-state index contributed by atoms with van der Waals surface area (Å²) >= 11 is 1.32. The number of rotatable bonds is 5. The Morgan fingerprint density at radius 2 is 2.00 bits per heavy atom. The van der Waals surface area contributed by atoms with Crippen LogP contribution in [0.15, 0.2) is 23.2 Å². The maximum absolute atomic E-state index is 12.5. The molecule has 10 nitrogen and oxygen atoms in total. The number of amides is 2. The van der Waals surface area contributed by atoms with Gasteiger partial charge in [0.2, 0.25) is 12.7 Å². The molecular weight excluding hydrogens is 470 g/mol. The lowest BCUT2D eigenvalue weighted by Gasteiger charge is -2.24. The molecule has 0 spiro atoms. The number of carbonyl (C=O) groups is 2. The fraction of sp³-hybridized carbons (Fsp3) is 0.571. The van der Waals surface area contributed by atoms with Crippen LogP contribution in [0.2, 0.25) is 0 Å². The van der Waals surface area contributed by atoms with Crippen LogP contribution in [0.25, 0.3) is 0 Å². The Balaban J connectivity index is 1.43. The predicted molar refractivity (Wildman–Crippen MR) is 123 cm³/mol. The van der Waals surface area contributed by atoms with Crippen molar-refractivity contribution >= 4 is 38.8 Å². The van der Waals surface area contributed by atoms with Crippen molar-refractivity contribution in [2.75, 3.05) is 24.8 Å². The molecule has 2 amide bonds. The van der Waals surface area contributed by atoms with Crippen LogP contribution in [0.4, 0.5) is 4.79 Å². The number of nitrogens with zero attached hydrogens (tertiary/aromatic N) is 2. The van der Waals surface area contributed by atoms with Crippen molar-refractivity contribution in [3.8, 4) is 11.5 Å². The maximum Gasteiger partial charge on any atom is 0.407 e. The number of alkyl carbamates (subject to hydrolysis) is 1. The minimum Gasteiger partial charge on any atom is -0.454 e. The van der Waals surface area contributed by atoms with Crippen molar-refractivity contribution in [2.24, 2.45) is 4.99 Å². The van der Waals surface area contributed by atoms with Gasteiger partial charge < -0.3 is 24.4 Å². The molecule has 2 fully saturated rings. The molecule has 2 saturated heterocycles. The molecule has 12 heteroatoms. The van der Waals surface area contributed by atoms with Crippen molar-refractivity contribution < 1.29 is 32.2 Å². The van der Waals surface area contributed by atoms with E-state index in [1.807, 2.05) is 23.1 Å². The third kappa shape index (κ3) is 5.91. The van der Waals surface area contributed by atoms with E-state index in [-0.39, 0.29) is 42.6 Å². The second-order valence-electron chi connectivity index (χ2n) is 9.08. The van der Waals surface area contributed by atoms with E-state index in [0.717, 1.165) is 5.56 Å². The Kier molecular flexibility index (Phi) is 6.50. The number of hydrogen-bond acceptors (Lipinski definition) is 8. The highest BCUT2D eigenvalue weighted by atomic mass is 32.2. The summed E-state index contributed by atoms with van der Waals surface area (Å²) < 4.78 is 40.3. The molecule has 0 bridgehead atoms. The van der Waals surface area contributed by atoms with Crippen LogP contribution in [-0.4, -0.2) is 72.2 Å². The molecule has 0 saturated carbocycles. The first-order valence-electron chi connectivity index (χ1n) is 10.6. The smallest absolute Gasteiger partial charge is 0.407 e. The number of ether oxygens (including phenoxy) is 3. The van der Waals surface area contributed by atoms with Gasteiger partial charge in [0.15, 0.2) is 26.5 Å². The van der Waals surface area contributed by atoms with E-state index in [2.05, 4.69) is 10.3 Å². The number of fused-ring (bicyclic) bond motifs is 2. The largest absolute Gasteiger partial charge is 0.454 e. The minimum absolute atomic E-state index is 0.00873. The molecule has 3 aliphatic rings. The SMILES string of the molecule is CC(C)(C)OC(=O)NCCC(=O)N=C1S[C@@H]2CS(=O)(=O)C[C@H]2N1Cc1ccc2c(c1)OCO2. The van der Waals surface area contributed by atoms with E-state index in [1.54, 1.807) is 20.8 Å². The van der Waals surface area contributed by atoms with Crippen molar-refractivity contribution in [3.63, 3.8) is 0 Å². The number of sulfone groups is 1. The van der Waals surface area contributed by atoms with Crippen LogP contribution in [0.1, 0.15) is 32.8 Å². The summed E-state index contributed by atoms with van der Waals surface area (Å²) in [6.45, 7) is 5.92. The number of benzene rings is 1. The normalized spacial score (nSPS) is 24.1. The Bertz CT molecular complexity index is 1080. The van der Waals surface area contributed by atoms with Gasteiger partial charge in [-0.3, -0.25) is 4.79 Å². The van der Waals surface area contributed by atoms with Gasteiger partial charge >= 0.3 is 6.09 Å². The minimum atomic E-state index is -3.14. The van der Waals surface area contributed by atoms with E-state index in [4.69, 9.17) is 14.2 Å². The second-order valence-corrected chi connectivity index (χ2v) is 12.4. The van der Waals surface area contributed by atoms with E-state index in [1.165, 1.54) is 11.8 Å². The molecule has 0 unspecified atom stereocenters. The average Bonchev–Trinajstić information content (AvgIpc) is 3.34. The Morgan fingerprint density at radius 1 is 1.24 bits per heavy atom. The molecule has 33 heavy (non-hydrogen) atoms. The fourth-order valence-electron chi connectivity index (χ4n) is 3.80.